The summed E-state index contributed by atoms with van der Waals surface area (Å²) in [6.45, 7) is 0.425. The maximum atomic E-state index is 11.8. The lowest BCUT2D eigenvalue weighted by molar-refractivity contribution is -0.116. The Morgan fingerprint density at radius 1 is 1.40 bits per heavy atom. The van der Waals surface area contributed by atoms with E-state index in [1.54, 1.807) is 23.1 Å². The van der Waals surface area contributed by atoms with Gasteiger partial charge in [0.25, 0.3) is 0 Å². The van der Waals surface area contributed by atoms with E-state index in [9.17, 15) is 9.59 Å². The van der Waals surface area contributed by atoms with Crippen molar-refractivity contribution in [1.29, 1.82) is 0 Å². The second-order valence-electron chi connectivity index (χ2n) is 4.06. The van der Waals surface area contributed by atoms with Crippen molar-refractivity contribution in [2.24, 2.45) is 0 Å². The van der Waals surface area contributed by atoms with Crippen LogP contribution in [0.25, 0.3) is 0 Å². The molecule has 1 amide bonds. The third-order valence-corrected chi connectivity index (χ3v) is 2.85. The monoisotopic (exact) mass is 293 g/mol. The Morgan fingerprint density at radius 3 is 2.85 bits per heavy atom. The molecule has 0 saturated carbocycles. The van der Waals surface area contributed by atoms with Crippen LogP contribution in [-0.2, 0) is 11.3 Å². The number of aryl methyl sites for hydroxylation is 1. The number of carbonyl (C=O) groups is 2. The van der Waals surface area contributed by atoms with Gasteiger partial charge in [-0.1, -0.05) is 11.6 Å². The van der Waals surface area contributed by atoms with Crippen molar-refractivity contribution < 1.29 is 14.7 Å². The van der Waals surface area contributed by atoms with E-state index in [1.807, 2.05) is 0 Å². The molecule has 0 fully saturated rings. The highest BCUT2D eigenvalue weighted by molar-refractivity contribution is 6.31. The van der Waals surface area contributed by atoms with Crippen LogP contribution in [0.5, 0.6) is 0 Å². The molecule has 1 aromatic carbocycles. The molecular weight excluding hydrogens is 282 g/mol. The third kappa shape index (κ3) is 3.58. The number of carbonyl (C=O) groups excluding carboxylic acids is 1. The van der Waals surface area contributed by atoms with Gasteiger partial charge in [0.2, 0.25) is 5.91 Å². The zero-order valence-corrected chi connectivity index (χ0v) is 11.2. The Bertz CT molecular complexity index is 626. The number of nitrogens with one attached hydrogen (secondary N) is 1. The number of carboxylic acid groups (broad SMARTS) is 1. The van der Waals surface area contributed by atoms with E-state index in [0.29, 0.717) is 11.6 Å². The minimum atomic E-state index is -1.14. The molecule has 1 heterocycles. The highest BCUT2D eigenvalue weighted by Gasteiger charge is 2.13. The van der Waals surface area contributed by atoms with Gasteiger partial charge in [-0.3, -0.25) is 9.48 Å². The van der Waals surface area contributed by atoms with Crippen LogP contribution in [0.1, 0.15) is 16.8 Å². The molecule has 104 valence electrons. The van der Waals surface area contributed by atoms with Gasteiger partial charge < -0.3 is 10.4 Å². The number of benzene rings is 1. The van der Waals surface area contributed by atoms with E-state index < -0.39 is 5.97 Å². The Kier molecular flexibility index (Phi) is 4.37. The molecule has 1 aromatic heterocycles. The van der Waals surface area contributed by atoms with Gasteiger partial charge in [-0.25, -0.2) is 4.79 Å². The fraction of sp³-hybridized carbons (Fsp3) is 0.154. The molecular formula is C13H12ClN3O3. The van der Waals surface area contributed by atoms with Crippen molar-refractivity contribution in [3.8, 4) is 0 Å². The number of carboxylic acids is 1. The zero-order chi connectivity index (χ0) is 14.5. The molecule has 0 spiro atoms. The van der Waals surface area contributed by atoms with Gasteiger partial charge in [-0.2, -0.15) is 5.10 Å². The Hall–Kier alpha value is -2.34. The summed E-state index contributed by atoms with van der Waals surface area (Å²) in [5.74, 6) is -1.43. The topological polar surface area (TPSA) is 84.2 Å². The van der Waals surface area contributed by atoms with Crippen molar-refractivity contribution in [3.05, 3.63) is 47.2 Å². The highest BCUT2D eigenvalue weighted by atomic mass is 35.5. The Labute approximate surface area is 120 Å². The molecule has 2 aromatic rings. The second kappa shape index (κ2) is 6.21. The van der Waals surface area contributed by atoms with Crippen LogP contribution in [0.15, 0.2) is 36.7 Å². The summed E-state index contributed by atoms with van der Waals surface area (Å²) in [5, 5.41) is 15.9. The van der Waals surface area contributed by atoms with E-state index in [0.717, 1.165) is 0 Å². The predicted octanol–water partition coefficient (Wildman–Crippen LogP) is 2.26. The highest BCUT2D eigenvalue weighted by Crippen LogP contribution is 2.20. The maximum absolute atomic E-state index is 11.8. The molecule has 2 rings (SSSR count). The quantitative estimate of drug-likeness (QED) is 0.885. The molecule has 0 atom stereocenters. The lowest BCUT2D eigenvalue weighted by Gasteiger charge is -2.09. The van der Waals surface area contributed by atoms with Gasteiger partial charge >= 0.3 is 5.97 Å². The van der Waals surface area contributed by atoms with Gasteiger partial charge in [-0.05, 0) is 24.3 Å². The minimum Gasteiger partial charge on any atom is -0.478 e. The first-order valence-electron chi connectivity index (χ1n) is 5.86. The molecule has 0 aliphatic rings. The van der Waals surface area contributed by atoms with Crippen LogP contribution < -0.4 is 5.32 Å². The van der Waals surface area contributed by atoms with Crippen molar-refractivity contribution in [3.63, 3.8) is 0 Å². The summed E-state index contributed by atoms with van der Waals surface area (Å²) < 4.78 is 1.62. The number of aromatic carboxylic acids is 1. The lowest BCUT2D eigenvalue weighted by atomic mass is 10.1. The third-order valence-electron chi connectivity index (χ3n) is 2.61. The van der Waals surface area contributed by atoms with Gasteiger partial charge in [0.1, 0.15) is 0 Å². The van der Waals surface area contributed by atoms with Gasteiger partial charge in [0.15, 0.2) is 0 Å². The van der Waals surface area contributed by atoms with Crippen molar-refractivity contribution >= 4 is 29.2 Å². The van der Waals surface area contributed by atoms with E-state index in [1.165, 1.54) is 18.2 Å². The number of rotatable bonds is 5. The normalized spacial score (nSPS) is 10.2. The summed E-state index contributed by atoms with van der Waals surface area (Å²) in [6, 6.07) is 6.06. The van der Waals surface area contributed by atoms with Crippen LogP contribution in [0, 0.1) is 0 Å². The molecule has 0 radical (unpaired) electrons. The van der Waals surface area contributed by atoms with Crippen molar-refractivity contribution in [1.82, 2.24) is 9.78 Å². The molecule has 0 aliphatic carbocycles. The first-order valence-corrected chi connectivity index (χ1v) is 6.24. The largest absolute Gasteiger partial charge is 0.478 e. The number of aromatic nitrogens is 2. The number of hydrogen-bond donors (Lipinski definition) is 2. The van der Waals surface area contributed by atoms with Gasteiger partial charge in [-0.15, -0.1) is 0 Å². The Morgan fingerprint density at radius 2 is 2.20 bits per heavy atom. The average molecular weight is 294 g/mol. The standard InChI is InChI=1S/C13H12ClN3O3/c14-9-2-3-11(10(8-9)13(19)20)16-12(18)4-7-17-6-1-5-15-17/h1-3,5-6,8H,4,7H2,(H,16,18)(H,19,20). The summed E-state index contributed by atoms with van der Waals surface area (Å²) in [7, 11) is 0. The van der Waals surface area contributed by atoms with Crippen LogP contribution in [0.2, 0.25) is 5.02 Å². The molecule has 6 nitrogen and oxygen atoms in total. The molecule has 0 unspecified atom stereocenters. The number of halogens is 1. The van der Waals surface area contributed by atoms with E-state index in [4.69, 9.17) is 16.7 Å². The maximum Gasteiger partial charge on any atom is 0.337 e. The van der Waals surface area contributed by atoms with Crippen molar-refractivity contribution in [2.45, 2.75) is 13.0 Å². The smallest absolute Gasteiger partial charge is 0.337 e. The average Bonchev–Trinajstić information content (AvgIpc) is 2.91. The van der Waals surface area contributed by atoms with Crippen molar-refractivity contribution in [2.75, 3.05) is 5.32 Å². The summed E-state index contributed by atoms with van der Waals surface area (Å²) in [6.07, 6.45) is 3.57. The fourth-order valence-electron chi connectivity index (χ4n) is 1.66. The second-order valence-corrected chi connectivity index (χ2v) is 4.50. The summed E-state index contributed by atoms with van der Waals surface area (Å²) >= 11 is 5.74. The first-order chi connectivity index (χ1) is 9.56. The zero-order valence-electron chi connectivity index (χ0n) is 10.4. The first kappa shape index (κ1) is 14.1. The minimum absolute atomic E-state index is 0.0371. The van der Waals surface area contributed by atoms with Gasteiger partial charge in [0.05, 0.1) is 11.3 Å². The molecule has 0 bridgehead atoms. The van der Waals surface area contributed by atoms with E-state index in [-0.39, 0.29) is 23.6 Å². The van der Waals surface area contributed by atoms with Crippen LogP contribution in [-0.4, -0.2) is 26.8 Å². The lowest BCUT2D eigenvalue weighted by Crippen LogP contribution is -2.16. The molecule has 0 saturated heterocycles. The van der Waals surface area contributed by atoms with Crippen LogP contribution >= 0.6 is 11.6 Å². The number of amides is 1. The van der Waals surface area contributed by atoms with Gasteiger partial charge in [0, 0.05) is 30.4 Å². The molecule has 20 heavy (non-hydrogen) atoms. The predicted molar refractivity (Wildman–Crippen MR) is 73.9 cm³/mol. The summed E-state index contributed by atoms with van der Waals surface area (Å²) in [4.78, 5) is 22.9. The SMILES string of the molecule is O=C(CCn1cccn1)Nc1ccc(Cl)cc1C(=O)O. The molecule has 0 aliphatic heterocycles. The number of hydrogen-bond acceptors (Lipinski definition) is 3. The molecule has 7 heteroatoms. The number of anilines is 1. The van der Waals surface area contributed by atoms with Crippen LogP contribution in [0.4, 0.5) is 5.69 Å². The van der Waals surface area contributed by atoms with Crippen LogP contribution in [0.3, 0.4) is 0 Å². The van der Waals surface area contributed by atoms with E-state index >= 15 is 0 Å². The number of nitrogens with zero attached hydrogens (tertiary/aromatic N) is 2. The van der Waals surface area contributed by atoms with E-state index in [2.05, 4.69) is 10.4 Å². The summed E-state index contributed by atoms with van der Waals surface area (Å²) in [5.41, 5.74) is 0.192. The molecule has 2 N–H and O–H groups in total. The fourth-order valence-corrected chi connectivity index (χ4v) is 1.84. The Balaban J connectivity index is 2.02.